The van der Waals surface area contributed by atoms with Gasteiger partial charge < -0.3 is 16.0 Å². The van der Waals surface area contributed by atoms with Crippen molar-refractivity contribution in [2.75, 3.05) is 19.6 Å². The van der Waals surface area contributed by atoms with Crippen molar-refractivity contribution >= 4 is 23.5 Å². The number of carbonyl (C=O) groups is 4. The largest absolute Gasteiger partial charge is 0.356 e. The zero-order valence-electron chi connectivity index (χ0n) is 13.4. The third-order valence-corrected chi connectivity index (χ3v) is 2.50. The maximum Gasteiger partial charge on any atom is 0.244 e. The van der Waals surface area contributed by atoms with E-state index in [0.29, 0.717) is 12.5 Å². The smallest absolute Gasteiger partial charge is 0.244 e. The molecule has 0 aromatic rings. The van der Waals surface area contributed by atoms with Crippen LogP contribution in [0.5, 0.6) is 0 Å². The van der Waals surface area contributed by atoms with E-state index in [9.17, 15) is 19.2 Å². The van der Waals surface area contributed by atoms with Gasteiger partial charge in [-0.3, -0.25) is 19.2 Å². The minimum Gasteiger partial charge on any atom is -0.356 e. The lowest BCUT2D eigenvalue weighted by atomic mass is 10.2. The summed E-state index contributed by atoms with van der Waals surface area (Å²) in [6, 6.07) is 0. The van der Waals surface area contributed by atoms with E-state index in [1.165, 1.54) is 6.92 Å². The molecule has 0 aromatic heterocycles. The molecule has 0 bridgehead atoms. The van der Waals surface area contributed by atoms with Crippen LogP contribution < -0.4 is 16.0 Å². The standard InChI is InChI=1S/C15H25N3O4/c1-11(2)10-18-15(22)7-9-17-14(21)6-8-16-13(20)5-4-12(3)19/h4-5,11H,6-10H2,1-3H3,(H,16,20)(H,17,21)(H,18,22)/b5-4-. The molecular formula is C15H25N3O4. The molecule has 0 fully saturated rings. The van der Waals surface area contributed by atoms with E-state index in [0.717, 1.165) is 12.2 Å². The average Bonchev–Trinajstić information content (AvgIpc) is 2.43. The fourth-order valence-corrected chi connectivity index (χ4v) is 1.36. The van der Waals surface area contributed by atoms with Crippen molar-refractivity contribution in [3.05, 3.63) is 12.2 Å². The summed E-state index contributed by atoms with van der Waals surface area (Å²) in [5.74, 6) is -0.594. The van der Waals surface area contributed by atoms with E-state index in [1.807, 2.05) is 13.8 Å². The minimum absolute atomic E-state index is 0.100. The van der Waals surface area contributed by atoms with Gasteiger partial charge in [-0.05, 0) is 18.9 Å². The average molecular weight is 311 g/mol. The Labute approximate surface area is 130 Å². The Bertz CT molecular complexity index is 431. The van der Waals surface area contributed by atoms with E-state index in [1.54, 1.807) is 0 Å². The van der Waals surface area contributed by atoms with Crippen molar-refractivity contribution in [2.24, 2.45) is 5.92 Å². The first-order chi connectivity index (χ1) is 10.3. The van der Waals surface area contributed by atoms with E-state index < -0.39 is 5.91 Å². The van der Waals surface area contributed by atoms with E-state index in [-0.39, 0.29) is 43.5 Å². The van der Waals surface area contributed by atoms with Crippen molar-refractivity contribution in [1.29, 1.82) is 0 Å². The first-order valence-electron chi connectivity index (χ1n) is 7.31. The SMILES string of the molecule is CC(=O)/C=C\C(=O)NCCC(=O)NCCC(=O)NCC(C)C. The minimum atomic E-state index is -0.420. The summed E-state index contributed by atoms with van der Waals surface area (Å²) < 4.78 is 0. The van der Waals surface area contributed by atoms with Crippen LogP contribution in [-0.4, -0.2) is 43.1 Å². The van der Waals surface area contributed by atoms with Crippen LogP contribution in [0, 0.1) is 5.92 Å². The van der Waals surface area contributed by atoms with Gasteiger partial charge in [0, 0.05) is 38.6 Å². The zero-order chi connectivity index (χ0) is 17.0. The molecule has 0 unspecified atom stereocenters. The second kappa shape index (κ2) is 11.5. The summed E-state index contributed by atoms with van der Waals surface area (Å²) in [7, 11) is 0. The van der Waals surface area contributed by atoms with Crippen LogP contribution in [0.4, 0.5) is 0 Å². The van der Waals surface area contributed by atoms with Crippen LogP contribution in [0.1, 0.15) is 33.6 Å². The topological polar surface area (TPSA) is 104 Å². The Hall–Kier alpha value is -2.18. The van der Waals surface area contributed by atoms with Crippen LogP contribution >= 0.6 is 0 Å². The molecule has 0 aliphatic heterocycles. The van der Waals surface area contributed by atoms with E-state index in [2.05, 4.69) is 16.0 Å². The van der Waals surface area contributed by atoms with Gasteiger partial charge in [0.05, 0.1) is 0 Å². The molecule has 0 heterocycles. The van der Waals surface area contributed by atoms with E-state index >= 15 is 0 Å². The van der Waals surface area contributed by atoms with Gasteiger partial charge in [-0.15, -0.1) is 0 Å². The molecule has 0 saturated heterocycles. The molecule has 0 aromatic carbocycles. The molecule has 0 rings (SSSR count). The highest BCUT2D eigenvalue weighted by molar-refractivity contribution is 5.96. The number of hydrogen-bond acceptors (Lipinski definition) is 4. The lowest BCUT2D eigenvalue weighted by molar-refractivity contribution is -0.122. The van der Waals surface area contributed by atoms with Gasteiger partial charge in [0.25, 0.3) is 0 Å². The first-order valence-corrected chi connectivity index (χ1v) is 7.31. The predicted octanol–water partition coefficient (Wildman–Crippen LogP) is -0.0836. The van der Waals surface area contributed by atoms with Gasteiger partial charge >= 0.3 is 0 Å². The first kappa shape index (κ1) is 19.8. The Kier molecular flexibility index (Phi) is 10.3. The highest BCUT2D eigenvalue weighted by Crippen LogP contribution is 1.88. The number of allylic oxidation sites excluding steroid dienone is 1. The zero-order valence-corrected chi connectivity index (χ0v) is 13.4. The summed E-state index contributed by atoms with van der Waals surface area (Å²) in [5, 5.41) is 7.84. The predicted molar refractivity (Wildman–Crippen MR) is 82.9 cm³/mol. The van der Waals surface area contributed by atoms with Gasteiger partial charge in [0.15, 0.2) is 5.78 Å². The Morgan fingerprint density at radius 1 is 0.864 bits per heavy atom. The molecular weight excluding hydrogens is 286 g/mol. The van der Waals surface area contributed by atoms with Gasteiger partial charge in [-0.2, -0.15) is 0 Å². The molecule has 0 radical (unpaired) electrons. The number of amides is 3. The number of carbonyl (C=O) groups excluding carboxylic acids is 4. The molecule has 0 aliphatic carbocycles. The van der Waals surface area contributed by atoms with Crippen molar-refractivity contribution in [3.8, 4) is 0 Å². The molecule has 0 saturated carbocycles. The molecule has 7 nitrogen and oxygen atoms in total. The molecule has 7 heteroatoms. The van der Waals surface area contributed by atoms with Crippen LogP contribution in [-0.2, 0) is 19.2 Å². The molecule has 0 atom stereocenters. The molecule has 3 amide bonds. The molecule has 22 heavy (non-hydrogen) atoms. The van der Waals surface area contributed by atoms with Crippen LogP contribution in [0.25, 0.3) is 0 Å². The molecule has 0 spiro atoms. The van der Waals surface area contributed by atoms with Gasteiger partial charge in [-0.25, -0.2) is 0 Å². The summed E-state index contributed by atoms with van der Waals surface area (Å²) >= 11 is 0. The molecule has 124 valence electrons. The lowest BCUT2D eigenvalue weighted by Gasteiger charge is -2.08. The highest BCUT2D eigenvalue weighted by atomic mass is 16.2. The number of ketones is 1. The van der Waals surface area contributed by atoms with Crippen LogP contribution in [0.3, 0.4) is 0 Å². The second-order valence-corrected chi connectivity index (χ2v) is 5.28. The third-order valence-electron chi connectivity index (χ3n) is 2.50. The summed E-state index contributed by atoms with van der Waals surface area (Å²) in [6.45, 7) is 6.40. The Balaban J connectivity index is 3.68. The highest BCUT2D eigenvalue weighted by Gasteiger charge is 2.05. The summed E-state index contributed by atoms with van der Waals surface area (Å²) in [4.78, 5) is 44.7. The maximum atomic E-state index is 11.5. The number of nitrogens with one attached hydrogen (secondary N) is 3. The summed E-state index contributed by atoms with van der Waals surface area (Å²) in [6.07, 6.45) is 2.63. The quantitative estimate of drug-likeness (QED) is 0.491. The lowest BCUT2D eigenvalue weighted by Crippen LogP contribution is -2.34. The van der Waals surface area contributed by atoms with Crippen molar-refractivity contribution in [1.82, 2.24) is 16.0 Å². The van der Waals surface area contributed by atoms with Crippen molar-refractivity contribution in [3.63, 3.8) is 0 Å². The van der Waals surface area contributed by atoms with Crippen LogP contribution in [0.15, 0.2) is 12.2 Å². The fraction of sp³-hybridized carbons (Fsp3) is 0.600. The van der Waals surface area contributed by atoms with Crippen molar-refractivity contribution in [2.45, 2.75) is 33.6 Å². The van der Waals surface area contributed by atoms with Gasteiger partial charge in [0.2, 0.25) is 17.7 Å². The Morgan fingerprint density at radius 2 is 1.41 bits per heavy atom. The molecule has 3 N–H and O–H groups in total. The van der Waals surface area contributed by atoms with Crippen molar-refractivity contribution < 1.29 is 19.2 Å². The summed E-state index contributed by atoms with van der Waals surface area (Å²) in [5.41, 5.74) is 0. The van der Waals surface area contributed by atoms with Gasteiger partial charge in [0.1, 0.15) is 0 Å². The fourth-order valence-electron chi connectivity index (χ4n) is 1.36. The molecule has 0 aliphatic rings. The normalized spacial score (nSPS) is 10.5. The number of hydrogen-bond donors (Lipinski definition) is 3. The Morgan fingerprint density at radius 3 is 1.95 bits per heavy atom. The van der Waals surface area contributed by atoms with Gasteiger partial charge in [-0.1, -0.05) is 13.8 Å². The van der Waals surface area contributed by atoms with E-state index in [4.69, 9.17) is 0 Å². The number of rotatable bonds is 10. The van der Waals surface area contributed by atoms with Crippen LogP contribution in [0.2, 0.25) is 0 Å². The third kappa shape index (κ3) is 12.8. The maximum absolute atomic E-state index is 11.5. The monoisotopic (exact) mass is 311 g/mol. The second-order valence-electron chi connectivity index (χ2n) is 5.28.